The van der Waals surface area contributed by atoms with E-state index in [1.54, 1.807) is 29.4 Å². The quantitative estimate of drug-likeness (QED) is 0.273. The van der Waals surface area contributed by atoms with Gasteiger partial charge in [-0.15, -0.1) is 11.3 Å². The van der Waals surface area contributed by atoms with Gasteiger partial charge in [0.15, 0.2) is 0 Å². The van der Waals surface area contributed by atoms with Crippen molar-refractivity contribution in [3.05, 3.63) is 79.9 Å². The molecule has 0 N–H and O–H groups in total. The first-order valence-corrected chi connectivity index (χ1v) is 11.8. The summed E-state index contributed by atoms with van der Waals surface area (Å²) in [6.07, 6.45) is 2.73. The molecule has 1 saturated carbocycles. The Bertz CT molecular complexity index is 1260. The van der Waals surface area contributed by atoms with E-state index in [4.69, 9.17) is 43.6 Å². The summed E-state index contributed by atoms with van der Waals surface area (Å²) in [5, 5.41) is 1.90. The number of thiophene rings is 1. The van der Waals surface area contributed by atoms with Crippen molar-refractivity contribution in [3.8, 4) is 0 Å². The van der Waals surface area contributed by atoms with Crippen molar-refractivity contribution in [2.24, 2.45) is 5.92 Å². The molecular weight excluding hydrogens is 477 g/mol. The Morgan fingerprint density at radius 1 is 1.16 bits per heavy atom. The second-order valence-electron chi connectivity index (χ2n) is 7.87. The van der Waals surface area contributed by atoms with Crippen molar-refractivity contribution in [3.63, 3.8) is 0 Å². The number of hydrogen-bond donors (Lipinski definition) is 0. The Morgan fingerprint density at radius 3 is 2.65 bits per heavy atom. The average Bonchev–Trinajstić information content (AvgIpc) is 3.14. The molecule has 0 saturated heterocycles. The topological polar surface area (TPSA) is 46.6 Å². The summed E-state index contributed by atoms with van der Waals surface area (Å²) < 4.78 is 12.3. The molecule has 8 heteroatoms. The molecule has 160 valence electrons. The van der Waals surface area contributed by atoms with Gasteiger partial charge in [-0.3, -0.25) is 4.79 Å². The van der Waals surface area contributed by atoms with Crippen LogP contribution in [0.15, 0.2) is 51.5 Å². The molecule has 3 aromatic heterocycles. The molecule has 4 nitrogen and oxygen atoms in total. The van der Waals surface area contributed by atoms with Crippen LogP contribution >= 0.6 is 46.1 Å². The van der Waals surface area contributed by atoms with Gasteiger partial charge >= 0.3 is 0 Å². The van der Waals surface area contributed by atoms with E-state index in [1.165, 1.54) is 11.3 Å². The van der Waals surface area contributed by atoms with Gasteiger partial charge in [-0.2, -0.15) is 0 Å². The minimum absolute atomic E-state index is 0.215. The van der Waals surface area contributed by atoms with E-state index in [9.17, 15) is 4.79 Å². The molecule has 4 aromatic rings. The van der Waals surface area contributed by atoms with Crippen molar-refractivity contribution in [2.45, 2.75) is 32.4 Å². The number of fused-ring (bicyclic) bond motifs is 1. The fourth-order valence-corrected chi connectivity index (χ4v) is 6.11. The second kappa shape index (κ2) is 8.21. The van der Waals surface area contributed by atoms with Crippen molar-refractivity contribution in [2.75, 3.05) is 0 Å². The monoisotopic (exact) mass is 493 g/mol. The van der Waals surface area contributed by atoms with E-state index >= 15 is 0 Å². The van der Waals surface area contributed by atoms with Gasteiger partial charge in [0.1, 0.15) is 22.2 Å². The lowest BCUT2D eigenvalue weighted by atomic mass is 10.2. The lowest BCUT2D eigenvalue weighted by Crippen LogP contribution is -2.29. The SMILES string of the molecule is CC1CC1c1ccc(CN(Cc2ccco2)C(=O)c2sc3cc(Cl)cc(Cl)c3c2Cl)o1. The molecule has 31 heavy (non-hydrogen) atoms. The molecule has 1 aliphatic rings. The normalized spacial score (nSPS) is 17.9. The highest BCUT2D eigenvalue weighted by Crippen LogP contribution is 2.47. The molecule has 2 atom stereocenters. The Balaban J connectivity index is 1.48. The van der Waals surface area contributed by atoms with Gasteiger partial charge in [-0.25, -0.2) is 0 Å². The number of rotatable bonds is 6. The minimum atomic E-state index is -0.215. The molecule has 3 heterocycles. The van der Waals surface area contributed by atoms with Crippen LogP contribution in [0.25, 0.3) is 10.1 Å². The van der Waals surface area contributed by atoms with Gasteiger partial charge < -0.3 is 13.7 Å². The van der Waals surface area contributed by atoms with Crippen LogP contribution in [0, 0.1) is 5.92 Å². The minimum Gasteiger partial charge on any atom is -0.467 e. The number of hydrogen-bond acceptors (Lipinski definition) is 4. The Morgan fingerprint density at radius 2 is 1.94 bits per heavy atom. The molecule has 0 radical (unpaired) electrons. The van der Waals surface area contributed by atoms with Gasteiger partial charge in [-0.1, -0.05) is 41.7 Å². The van der Waals surface area contributed by atoms with Crippen molar-refractivity contribution in [1.82, 2.24) is 4.90 Å². The molecule has 1 fully saturated rings. The number of carbonyl (C=O) groups is 1. The smallest absolute Gasteiger partial charge is 0.266 e. The molecule has 0 bridgehead atoms. The highest BCUT2D eigenvalue weighted by molar-refractivity contribution is 7.21. The first-order chi connectivity index (χ1) is 14.9. The first kappa shape index (κ1) is 21.0. The average molecular weight is 495 g/mol. The fourth-order valence-electron chi connectivity index (χ4n) is 3.77. The van der Waals surface area contributed by atoms with E-state index in [0.29, 0.717) is 56.0 Å². The zero-order valence-corrected chi connectivity index (χ0v) is 19.6. The third kappa shape index (κ3) is 4.12. The van der Waals surface area contributed by atoms with Crippen LogP contribution in [0.4, 0.5) is 0 Å². The largest absolute Gasteiger partial charge is 0.467 e. The molecule has 2 unspecified atom stereocenters. The zero-order chi connectivity index (χ0) is 21.7. The van der Waals surface area contributed by atoms with Gasteiger partial charge in [-0.05, 0) is 48.7 Å². The molecule has 0 spiro atoms. The first-order valence-electron chi connectivity index (χ1n) is 9.88. The van der Waals surface area contributed by atoms with Crippen LogP contribution in [0.3, 0.4) is 0 Å². The third-order valence-corrected chi connectivity index (χ3v) is 7.69. The van der Waals surface area contributed by atoms with Crippen LogP contribution in [-0.4, -0.2) is 10.8 Å². The van der Waals surface area contributed by atoms with Crippen LogP contribution < -0.4 is 0 Å². The molecule has 5 rings (SSSR count). The number of carbonyl (C=O) groups excluding carboxylic acids is 1. The van der Waals surface area contributed by atoms with E-state index in [-0.39, 0.29) is 5.91 Å². The lowest BCUT2D eigenvalue weighted by molar-refractivity contribution is 0.0709. The number of nitrogens with zero attached hydrogens (tertiary/aromatic N) is 1. The standard InChI is InChI=1S/C23H18Cl3NO3S/c1-12-7-16(12)18-5-4-15(30-18)11-27(10-14-3-2-6-29-14)23(28)22-21(26)20-17(25)8-13(24)9-19(20)31-22/h2-6,8-9,12,16H,7,10-11H2,1H3. The number of benzene rings is 1. The summed E-state index contributed by atoms with van der Waals surface area (Å²) in [5.41, 5.74) is 0. The van der Waals surface area contributed by atoms with Crippen LogP contribution in [0.2, 0.25) is 15.1 Å². The molecular formula is C23H18Cl3NO3S. The predicted octanol–water partition coefficient (Wildman–Crippen LogP) is 8.01. The maximum atomic E-state index is 13.6. The molecule has 0 aliphatic heterocycles. The Kier molecular flexibility index (Phi) is 5.55. The highest BCUT2D eigenvalue weighted by Gasteiger charge is 2.36. The molecule has 1 aliphatic carbocycles. The zero-order valence-electron chi connectivity index (χ0n) is 16.5. The van der Waals surface area contributed by atoms with Crippen LogP contribution in [0.1, 0.15) is 46.2 Å². The Labute approximate surface area is 198 Å². The van der Waals surface area contributed by atoms with E-state index in [0.717, 1.165) is 22.6 Å². The van der Waals surface area contributed by atoms with Gasteiger partial charge in [0, 0.05) is 21.0 Å². The lowest BCUT2D eigenvalue weighted by Gasteiger charge is -2.20. The third-order valence-electron chi connectivity index (χ3n) is 5.56. The van der Waals surface area contributed by atoms with Crippen molar-refractivity contribution in [1.29, 1.82) is 0 Å². The van der Waals surface area contributed by atoms with E-state index in [1.807, 2.05) is 18.2 Å². The van der Waals surface area contributed by atoms with Gasteiger partial charge in [0.25, 0.3) is 5.91 Å². The van der Waals surface area contributed by atoms with Gasteiger partial charge in [0.05, 0.1) is 29.4 Å². The maximum Gasteiger partial charge on any atom is 0.266 e. The van der Waals surface area contributed by atoms with E-state index < -0.39 is 0 Å². The maximum absolute atomic E-state index is 13.6. The summed E-state index contributed by atoms with van der Waals surface area (Å²) in [6, 6.07) is 11.0. The summed E-state index contributed by atoms with van der Waals surface area (Å²) in [7, 11) is 0. The van der Waals surface area contributed by atoms with Gasteiger partial charge in [0.2, 0.25) is 0 Å². The molecule has 1 aromatic carbocycles. The molecule has 1 amide bonds. The van der Waals surface area contributed by atoms with Crippen LogP contribution in [0.5, 0.6) is 0 Å². The summed E-state index contributed by atoms with van der Waals surface area (Å²) in [4.78, 5) is 15.6. The fraction of sp³-hybridized carbons (Fsp3) is 0.261. The summed E-state index contributed by atoms with van der Waals surface area (Å²) >= 11 is 20.4. The van der Waals surface area contributed by atoms with Crippen molar-refractivity contribution < 1.29 is 13.6 Å². The summed E-state index contributed by atoms with van der Waals surface area (Å²) in [6.45, 7) is 2.81. The highest BCUT2D eigenvalue weighted by atomic mass is 35.5. The summed E-state index contributed by atoms with van der Waals surface area (Å²) in [5.74, 6) is 3.30. The predicted molar refractivity (Wildman–Crippen MR) is 124 cm³/mol. The number of furan rings is 2. The Hall–Kier alpha value is -1.92. The second-order valence-corrected chi connectivity index (χ2v) is 10.1. The van der Waals surface area contributed by atoms with Crippen LogP contribution in [-0.2, 0) is 13.1 Å². The number of amides is 1. The van der Waals surface area contributed by atoms with E-state index in [2.05, 4.69) is 6.92 Å². The number of halogens is 3. The van der Waals surface area contributed by atoms with Crippen molar-refractivity contribution >= 4 is 62.1 Å².